The van der Waals surface area contributed by atoms with Crippen molar-refractivity contribution in [2.75, 3.05) is 59.3 Å². The first-order chi connectivity index (χ1) is 15.0. The highest BCUT2D eigenvalue weighted by Crippen LogP contribution is 2.06. The van der Waals surface area contributed by atoms with Crippen LogP contribution < -0.4 is 16.0 Å². The summed E-state index contributed by atoms with van der Waals surface area (Å²) in [6, 6.07) is 0. The molecule has 0 saturated heterocycles. The Balaban J connectivity index is 3.42. The Morgan fingerprint density at radius 1 is 0.710 bits per heavy atom. The summed E-state index contributed by atoms with van der Waals surface area (Å²) in [5.74, 6) is -0.441. The molecule has 0 aliphatic carbocycles. The first kappa shape index (κ1) is 29.2. The summed E-state index contributed by atoms with van der Waals surface area (Å²) >= 11 is 0. The molecule has 182 valence electrons. The van der Waals surface area contributed by atoms with Gasteiger partial charge in [0.1, 0.15) is 0 Å². The Bertz CT molecular complexity index is 474. The van der Waals surface area contributed by atoms with E-state index in [4.69, 9.17) is 19.7 Å². The number of aliphatic hydroxyl groups is 2. The van der Waals surface area contributed by atoms with Gasteiger partial charge in [0.05, 0.1) is 26.4 Å². The molecule has 3 amide bonds. The van der Waals surface area contributed by atoms with Gasteiger partial charge in [-0.3, -0.25) is 14.4 Å². The van der Waals surface area contributed by atoms with Gasteiger partial charge >= 0.3 is 0 Å². The largest absolute Gasteiger partial charge is 0.396 e. The molecule has 0 aromatic heterocycles. The summed E-state index contributed by atoms with van der Waals surface area (Å²) in [4.78, 5) is 34.7. The number of rotatable bonds is 21. The molecule has 5 N–H and O–H groups in total. The van der Waals surface area contributed by atoms with Crippen molar-refractivity contribution < 1.29 is 34.1 Å². The third-order valence-electron chi connectivity index (χ3n) is 4.44. The molecule has 0 fully saturated rings. The van der Waals surface area contributed by atoms with Gasteiger partial charge in [-0.15, -0.1) is 0 Å². The lowest BCUT2D eigenvalue weighted by molar-refractivity contribution is -0.126. The molecule has 0 aromatic rings. The van der Waals surface area contributed by atoms with Gasteiger partial charge in [0.2, 0.25) is 17.7 Å². The lowest BCUT2D eigenvalue weighted by Gasteiger charge is -2.10. The van der Waals surface area contributed by atoms with E-state index < -0.39 is 0 Å². The Morgan fingerprint density at radius 3 is 1.68 bits per heavy atom. The molecular formula is C21H41N3O7. The first-order valence-electron chi connectivity index (χ1n) is 11.2. The van der Waals surface area contributed by atoms with Gasteiger partial charge in [-0.2, -0.15) is 0 Å². The van der Waals surface area contributed by atoms with E-state index in [-0.39, 0.29) is 49.7 Å². The van der Waals surface area contributed by atoms with Gasteiger partial charge in [0.15, 0.2) is 0 Å². The zero-order chi connectivity index (χ0) is 23.2. The smallest absolute Gasteiger partial charge is 0.220 e. The van der Waals surface area contributed by atoms with E-state index >= 15 is 0 Å². The number of nitrogens with one attached hydrogen (secondary N) is 3. The van der Waals surface area contributed by atoms with Crippen molar-refractivity contribution >= 4 is 17.7 Å². The van der Waals surface area contributed by atoms with Crippen LogP contribution in [0.1, 0.15) is 51.9 Å². The van der Waals surface area contributed by atoms with Gasteiger partial charge < -0.3 is 35.6 Å². The second-order valence-corrected chi connectivity index (χ2v) is 7.25. The SMILES string of the molecule is CCCC(=O)NCCOCCOCCNC(=O)CCC(=O)NCCCCC(CO)CO. The van der Waals surface area contributed by atoms with Crippen LogP contribution in [-0.4, -0.2) is 87.2 Å². The van der Waals surface area contributed by atoms with Crippen LogP contribution in [0.25, 0.3) is 0 Å². The van der Waals surface area contributed by atoms with E-state index in [9.17, 15) is 14.4 Å². The van der Waals surface area contributed by atoms with Crippen LogP contribution in [0, 0.1) is 5.92 Å². The highest BCUT2D eigenvalue weighted by molar-refractivity contribution is 5.83. The normalized spacial score (nSPS) is 10.8. The van der Waals surface area contributed by atoms with Crippen molar-refractivity contribution in [3.8, 4) is 0 Å². The van der Waals surface area contributed by atoms with Gasteiger partial charge in [-0.1, -0.05) is 13.3 Å². The average molecular weight is 448 g/mol. The van der Waals surface area contributed by atoms with E-state index in [0.717, 1.165) is 25.7 Å². The number of ether oxygens (including phenoxy) is 2. The molecule has 10 heteroatoms. The molecule has 10 nitrogen and oxygen atoms in total. The van der Waals surface area contributed by atoms with Crippen molar-refractivity contribution in [3.63, 3.8) is 0 Å². The highest BCUT2D eigenvalue weighted by atomic mass is 16.5. The van der Waals surface area contributed by atoms with Crippen LogP contribution in [0.15, 0.2) is 0 Å². The summed E-state index contributed by atoms with van der Waals surface area (Å²) < 4.78 is 10.7. The van der Waals surface area contributed by atoms with Gasteiger partial charge in [0.25, 0.3) is 0 Å². The average Bonchev–Trinajstić information content (AvgIpc) is 2.76. The minimum Gasteiger partial charge on any atom is -0.396 e. The second kappa shape index (κ2) is 21.5. The molecule has 0 unspecified atom stereocenters. The van der Waals surface area contributed by atoms with Crippen LogP contribution in [0.3, 0.4) is 0 Å². The minimum atomic E-state index is -0.202. The molecular weight excluding hydrogens is 406 g/mol. The third kappa shape index (κ3) is 19.9. The van der Waals surface area contributed by atoms with Crippen molar-refractivity contribution in [1.82, 2.24) is 16.0 Å². The van der Waals surface area contributed by atoms with E-state index in [1.165, 1.54) is 0 Å². The topological polar surface area (TPSA) is 146 Å². The predicted molar refractivity (Wildman–Crippen MR) is 116 cm³/mol. The standard InChI is InChI=1S/C21H41N3O7/c1-2-5-19(27)23-10-12-30-14-15-31-13-11-24-21(29)8-7-20(28)22-9-4-3-6-18(16-25)17-26/h18,25-26H,2-17H2,1H3,(H,22,28)(H,23,27)(H,24,29). The van der Waals surface area contributed by atoms with Crippen molar-refractivity contribution in [2.24, 2.45) is 5.92 Å². The number of carbonyl (C=O) groups is 3. The maximum absolute atomic E-state index is 11.7. The fraction of sp³-hybridized carbons (Fsp3) is 0.857. The Morgan fingerprint density at radius 2 is 1.19 bits per heavy atom. The molecule has 0 radical (unpaired) electrons. The Hall–Kier alpha value is -1.75. The maximum Gasteiger partial charge on any atom is 0.220 e. The Kier molecular flexibility index (Phi) is 20.3. The monoisotopic (exact) mass is 447 g/mol. The lowest BCUT2D eigenvalue weighted by Crippen LogP contribution is -2.30. The van der Waals surface area contributed by atoms with E-state index in [2.05, 4.69) is 16.0 Å². The number of unbranched alkanes of at least 4 members (excludes halogenated alkanes) is 1. The molecule has 0 heterocycles. The molecule has 31 heavy (non-hydrogen) atoms. The van der Waals surface area contributed by atoms with Crippen LogP contribution in [-0.2, 0) is 23.9 Å². The van der Waals surface area contributed by atoms with Gasteiger partial charge in [-0.05, 0) is 19.3 Å². The summed E-state index contributed by atoms with van der Waals surface area (Å²) in [5.41, 5.74) is 0. The molecule has 0 spiro atoms. The zero-order valence-corrected chi connectivity index (χ0v) is 18.8. The summed E-state index contributed by atoms with van der Waals surface area (Å²) in [7, 11) is 0. The van der Waals surface area contributed by atoms with Crippen molar-refractivity contribution in [2.45, 2.75) is 51.9 Å². The number of aliphatic hydroxyl groups excluding tert-OH is 2. The number of hydrogen-bond donors (Lipinski definition) is 5. The molecule has 0 atom stereocenters. The maximum atomic E-state index is 11.7. The fourth-order valence-electron chi connectivity index (χ4n) is 2.59. The van der Waals surface area contributed by atoms with Crippen LogP contribution in [0.4, 0.5) is 0 Å². The quantitative estimate of drug-likeness (QED) is 0.152. The minimum absolute atomic E-state index is 0.0294. The van der Waals surface area contributed by atoms with Crippen LogP contribution in [0.5, 0.6) is 0 Å². The second-order valence-electron chi connectivity index (χ2n) is 7.25. The number of hydrogen-bond acceptors (Lipinski definition) is 7. The van der Waals surface area contributed by atoms with E-state index in [1.807, 2.05) is 6.92 Å². The highest BCUT2D eigenvalue weighted by Gasteiger charge is 2.07. The van der Waals surface area contributed by atoms with Crippen molar-refractivity contribution in [1.29, 1.82) is 0 Å². The number of amides is 3. The lowest BCUT2D eigenvalue weighted by atomic mass is 10.0. The number of carbonyl (C=O) groups excluding carboxylic acids is 3. The van der Waals surface area contributed by atoms with Crippen molar-refractivity contribution in [3.05, 3.63) is 0 Å². The third-order valence-corrected chi connectivity index (χ3v) is 4.44. The molecule has 0 saturated carbocycles. The molecule has 0 aliphatic rings. The first-order valence-corrected chi connectivity index (χ1v) is 11.2. The molecule has 0 bridgehead atoms. The van der Waals surface area contributed by atoms with Crippen LogP contribution in [0.2, 0.25) is 0 Å². The molecule has 0 aromatic carbocycles. The van der Waals surface area contributed by atoms with E-state index in [1.54, 1.807) is 0 Å². The van der Waals surface area contributed by atoms with Gasteiger partial charge in [0, 0.05) is 58.0 Å². The zero-order valence-electron chi connectivity index (χ0n) is 18.8. The van der Waals surface area contributed by atoms with E-state index in [0.29, 0.717) is 52.5 Å². The molecule has 0 rings (SSSR count). The summed E-state index contributed by atoms with van der Waals surface area (Å²) in [6.07, 6.45) is 3.90. The fourth-order valence-corrected chi connectivity index (χ4v) is 2.59. The van der Waals surface area contributed by atoms with Crippen LogP contribution >= 0.6 is 0 Å². The molecule has 0 aliphatic heterocycles. The summed E-state index contributed by atoms with van der Waals surface area (Å²) in [6.45, 7) is 4.87. The summed E-state index contributed by atoms with van der Waals surface area (Å²) in [5, 5.41) is 26.2. The van der Waals surface area contributed by atoms with Gasteiger partial charge in [-0.25, -0.2) is 0 Å². The Labute approximate surface area is 185 Å². The predicted octanol–water partition coefficient (Wildman–Crippen LogP) is -0.280.